The van der Waals surface area contributed by atoms with Crippen molar-refractivity contribution in [2.24, 2.45) is 5.41 Å². The van der Waals surface area contributed by atoms with Crippen LogP contribution in [0, 0.1) is 39.6 Å². The summed E-state index contributed by atoms with van der Waals surface area (Å²) in [6.45, 7) is -4.76. The van der Waals surface area contributed by atoms with Gasteiger partial charge in [0.25, 0.3) is 15.3 Å². The third kappa shape index (κ3) is 10.4. The number of nitrogens with zero attached hydrogens (tertiary/aromatic N) is 3. The van der Waals surface area contributed by atoms with Gasteiger partial charge in [-0.25, -0.2) is 9.59 Å². The number of carbonyl (C=O) groups is 2. The molecular weight excluding hydrogens is 638 g/mol. The van der Waals surface area contributed by atoms with Gasteiger partial charge in [0, 0.05) is 4.88 Å². The quantitative estimate of drug-likeness (QED) is 0.0501. The van der Waals surface area contributed by atoms with Crippen LogP contribution < -0.4 is 9.47 Å². The molecule has 0 spiro atoms. The molecular formula is C23H19N3O14S3. The van der Waals surface area contributed by atoms with Gasteiger partial charge in [0.1, 0.15) is 47.3 Å². The Morgan fingerprint density at radius 1 is 0.814 bits per heavy atom. The predicted molar refractivity (Wildman–Crippen MR) is 148 cm³/mol. The summed E-state index contributed by atoms with van der Waals surface area (Å²) in [7, 11) is 2.99. The smallest absolute Gasteiger partial charge is 0.347 e. The molecule has 0 N–H and O–H groups in total. The molecule has 0 aliphatic carbocycles. The monoisotopic (exact) mass is 657 g/mol. The second-order valence-corrected chi connectivity index (χ2v) is 11.3. The minimum atomic E-state index is -2.03. The van der Waals surface area contributed by atoms with Crippen molar-refractivity contribution in [3.63, 3.8) is 0 Å². The topological polar surface area (TPSA) is 219 Å². The first-order valence-corrected chi connectivity index (χ1v) is 14.1. The van der Waals surface area contributed by atoms with Gasteiger partial charge in [0.2, 0.25) is 0 Å². The normalized spacial score (nSPS) is 10.7. The molecule has 0 radical (unpaired) electrons. The zero-order valence-electron chi connectivity index (χ0n) is 21.5. The van der Waals surface area contributed by atoms with E-state index in [1.807, 2.05) is 6.07 Å². The van der Waals surface area contributed by atoms with E-state index < -0.39 is 65.6 Å². The number of para-hydroxylation sites is 1. The van der Waals surface area contributed by atoms with Gasteiger partial charge in [0.15, 0.2) is 6.61 Å². The van der Waals surface area contributed by atoms with Crippen LogP contribution in [-0.2, 0) is 24.0 Å². The molecule has 0 aliphatic rings. The summed E-state index contributed by atoms with van der Waals surface area (Å²) in [4.78, 5) is 70.8. The summed E-state index contributed by atoms with van der Waals surface area (Å²) in [5, 5.41) is 28.2. The van der Waals surface area contributed by atoms with Crippen LogP contribution in [0.1, 0.15) is 10.4 Å². The second-order valence-electron chi connectivity index (χ2n) is 8.34. The van der Waals surface area contributed by atoms with Crippen LogP contribution in [0.2, 0.25) is 0 Å². The van der Waals surface area contributed by atoms with Crippen molar-refractivity contribution in [1.82, 2.24) is 0 Å². The van der Waals surface area contributed by atoms with Crippen molar-refractivity contribution in [3.05, 3.63) is 94.3 Å². The van der Waals surface area contributed by atoms with E-state index in [9.17, 15) is 39.9 Å². The maximum Gasteiger partial charge on any atom is 0.347 e. The van der Waals surface area contributed by atoms with Crippen LogP contribution in [0.25, 0.3) is 10.4 Å². The van der Waals surface area contributed by atoms with Crippen molar-refractivity contribution >= 4 is 44.8 Å². The first-order chi connectivity index (χ1) is 20.5. The van der Waals surface area contributed by atoms with Crippen LogP contribution >= 0.6 is 32.9 Å². The lowest BCUT2D eigenvalue weighted by Crippen LogP contribution is -2.44. The van der Waals surface area contributed by atoms with Crippen molar-refractivity contribution in [2.75, 3.05) is 33.0 Å². The Bertz CT molecular complexity index is 1480. The fourth-order valence-electron chi connectivity index (χ4n) is 3.21. The molecule has 3 rings (SSSR count). The summed E-state index contributed by atoms with van der Waals surface area (Å²) in [5.41, 5.74) is -1.18. The Morgan fingerprint density at radius 3 is 1.93 bits per heavy atom. The lowest BCUT2D eigenvalue weighted by molar-refractivity contribution is -0.782. The fraction of sp³-hybridized carbons (Fsp3) is 0.261. The van der Waals surface area contributed by atoms with E-state index in [2.05, 4.69) is 14.5 Å². The minimum Gasteiger partial charge on any atom is -0.481 e. The van der Waals surface area contributed by atoms with Gasteiger partial charge in [-0.2, -0.15) is 0 Å². The average Bonchev–Trinajstić information content (AvgIpc) is 3.41. The van der Waals surface area contributed by atoms with Gasteiger partial charge in [-0.3, -0.25) is 0 Å². The summed E-state index contributed by atoms with van der Waals surface area (Å²) in [5.74, 6) is -1.73. The Balaban J connectivity index is 1.63. The van der Waals surface area contributed by atoms with Gasteiger partial charge in [-0.15, -0.1) is 30.3 Å². The number of benzene rings is 2. The first kappa shape index (κ1) is 32.6. The number of carbonyl (C=O) groups excluding carboxylic acids is 2. The van der Waals surface area contributed by atoms with E-state index in [-0.39, 0.29) is 17.1 Å². The van der Waals surface area contributed by atoms with Crippen LogP contribution in [-0.4, -0.2) is 60.2 Å². The highest BCUT2D eigenvalue weighted by Crippen LogP contribution is 2.31. The van der Waals surface area contributed by atoms with Gasteiger partial charge >= 0.3 is 11.9 Å². The van der Waals surface area contributed by atoms with E-state index in [1.54, 1.807) is 24.3 Å². The Morgan fingerprint density at radius 2 is 1.40 bits per heavy atom. The molecule has 1 aromatic heterocycles. The van der Waals surface area contributed by atoms with Gasteiger partial charge < -0.3 is 28.7 Å². The van der Waals surface area contributed by atoms with E-state index >= 15 is 0 Å². The van der Waals surface area contributed by atoms with E-state index in [0.29, 0.717) is 0 Å². The summed E-state index contributed by atoms with van der Waals surface area (Å²) in [6, 6.07) is 14.4. The number of rotatable bonds is 17. The maximum atomic E-state index is 12.8. The molecule has 3 aromatic rings. The van der Waals surface area contributed by atoms with E-state index in [0.717, 1.165) is 14.3 Å². The van der Waals surface area contributed by atoms with Crippen LogP contribution in [0.5, 0.6) is 11.5 Å². The zero-order chi connectivity index (χ0) is 31.4. The summed E-state index contributed by atoms with van der Waals surface area (Å²) < 4.78 is 16.5. The number of ether oxygens (including phenoxy) is 3. The van der Waals surface area contributed by atoms with Crippen molar-refractivity contribution in [1.29, 1.82) is 0 Å². The van der Waals surface area contributed by atoms with Gasteiger partial charge in [-0.05, 0) is 48.0 Å². The molecule has 0 aliphatic heterocycles. The lowest BCUT2D eigenvalue weighted by atomic mass is 9.92. The van der Waals surface area contributed by atoms with Crippen molar-refractivity contribution in [2.45, 2.75) is 0 Å². The lowest BCUT2D eigenvalue weighted by Gasteiger charge is -2.29. The zero-order valence-corrected chi connectivity index (χ0v) is 24.0. The molecule has 1 heterocycles. The number of esters is 2. The van der Waals surface area contributed by atoms with E-state index in [4.69, 9.17) is 26.4 Å². The van der Waals surface area contributed by atoms with Gasteiger partial charge in [0.05, 0.1) is 5.41 Å². The number of hydrogen-bond acceptors (Lipinski definition) is 17. The first-order valence-electron chi connectivity index (χ1n) is 11.6. The highest BCUT2D eigenvalue weighted by molar-refractivity contribution is 7.80. The average molecular weight is 658 g/mol. The second kappa shape index (κ2) is 15.3. The maximum absolute atomic E-state index is 12.8. The molecule has 43 heavy (non-hydrogen) atoms. The van der Waals surface area contributed by atoms with Gasteiger partial charge in [-0.1, -0.05) is 45.0 Å². The summed E-state index contributed by atoms with van der Waals surface area (Å²) in [6.07, 6.45) is 0. The highest BCUT2D eigenvalue weighted by atomic mass is 32.9. The SMILES string of the molecule is O=C(COc1ccccc1C(=O)Oc1ccc(-c2cc(=S)ss2)cc1)OCC(CO[N+](=O)[O-])(CO[N+](=O)[O-])CO[N+](=O)[O-]. The Kier molecular flexibility index (Phi) is 11.6. The predicted octanol–water partition coefficient (Wildman–Crippen LogP) is 3.96. The van der Waals surface area contributed by atoms with Crippen LogP contribution in [0.4, 0.5) is 0 Å². The van der Waals surface area contributed by atoms with Crippen LogP contribution in [0.15, 0.2) is 54.6 Å². The molecule has 17 nitrogen and oxygen atoms in total. The minimum absolute atomic E-state index is 0.0392. The fourth-order valence-corrected chi connectivity index (χ4v) is 5.62. The molecule has 0 amide bonds. The molecule has 20 heteroatoms. The van der Waals surface area contributed by atoms with Crippen LogP contribution in [0.3, 0.4) is 0 Å². The Hall–Kier alpha value is -4.95. The molecule has 0 fully saturated rings. The molecule has 0 unspecified atom stereocenters. The molecule has 228 valence electrons. The largest absolute Gasteiger partial charge is 0.481 e. The third-order valence-corrected chi connectivity index (χ3v) is 8.14. The number of hydrogen-bond donors (Lipinski definition) is 0. The molecule has 2 aromatic carbocycles. The third-order valence-electron chi connectivity index (χ3n) is 5.23. The Labute approximate surface area is 252 Å². The molecule has 0 saturated carbocycles. The highest BCUT2D eigenvalue weighted by Gasteiger charge is 2.37. The standard InChI is InChI=1S/C23H19N3O14S3/c27-20(36-11-23(12-37-24(29)30,13-38-25(31)32)14-39-26(33)34)10-35-18-4-2-1-3-17(18)22(28)40-16-7-5-15(6-8-16)19-9-21(41)43-42-19/h1-9H,10-14H2. The molecule has 0 saturated heterocycles. The van der Waals surface area contributed by atoms with E-state index in [1.165, 1.54) is 44.9 Å². The van der Waals surface area contributed by atoms with Crippen molar-refractivity contribution < 1.29 is 53.6 Å². The summed E-state index contributed by atoms with van der Waals surface area (Å²) >= 11 is 5.14. The molecule has 0 atom stereocenters. The molecule has 0 bridgehead atoms. The van der Waals surface area contributed by atoms with Crippen molar-refractivity contribution in [3.8, 4) is 21.9 Å².